The van der Waals surface area contributed by atoms with E-state index >= 15 is 0 Å². The topological polar surface area (TPSA) is 50.2 Å². The second-order valence-corrected chi connectivity index (χ2v) is 7.22. The molecule has 1 aromatic heterocycles. The molecule has 29 heavy (non-hydrogen) atoms. The van der Waals surface area contributed by atoms with E-state index in [9.17, 15) is 18.0 Å². The number of hydrogen-bond donors (Lipinski definition) is 1. The van der Waals surface area contributed by atoms with E-state index in [1.807, 2.05) is 30.3 Å². The van der Waals surface area contributed by atoms with Gasteiger partial charge in [-0.15, -0.1) is 0 Å². The molecule has 0 radical (unpaired) electrons. The zero-order chi connectivity index (χ0) is 20.4. The SMILES string of the molecule is O=C(NCCCc1ccccc1)n1cnc2c(N3CC(C(F)(F)F)C3)cccc21. The van der Waals surface area contributed by atoms with Gasteiger partial charge in [-0.1, -0.05) is 36.4 Å². The summed E-state index contributed by atoms with van der Waals surface area (Å²) in [5, 5.41) is 2.87. The predicted octanol–water partition coefficient (Wildman–Crippen LogP) is 4.23. The molecule has 4 rings (SSSR count). The second kappa shape index (κ2) is 7.77. The lowest BCUT2D eigenvalue weighted by Crippen LogP contribution is -2.53. The van der Waals surface area contributed by atoms with Crippen molar-refractivity contribution in [3.05, 3.63) is 60.4 Å². The van der Waals surface area contributed by atoms with Crippen LogP contribution in [-0.2, 0) is 6.42 Å². The number of alkyl halides is 3. The Morgan fingerprint density at radius 1 is 1.10 bits per heavy atom. The van der Waals surface area contributed by atoms with Crippen molar-refractivity contribution in [2.24, 2.45) is 5.92 Å². The van der Waals surface area contributed by atoms with Crippen LogP contribution in [0.15, 0.2) is 54.9 Å². The number of nitrogens with zero attached hydrogens (tertiary/aromatic N) is 3. The number of amides is 1. The summed E-state index contributed by atoms with van der Waals surface area (Å²) in [6.45, 7) is 0.356. The van der Waals surface area contributed by atoms with Crippen LogP contribution < -0.4 is 10.2 Å². The molecule has 1 aliphatic heterocycles. The molecule has 0 aliphatic carbocycles. The Hall–Kier alpha value is -3.03. The van der Waals surface area contributed by atoms with Gasteiger partial charge in [0.2, 0.25) is 0 Å². The highest BCUT2D eigenvalue weighted by atomic mass is 19.4. The molecule has 3 aromatic rings. The van der Waals surface area contributed by atoms with Crippen LogP contribution in [0.1, 0.15) is 12.0 Å². The van der Waals surface area contributed by atoms with Crippen molar-refractivity contribution in [1.82, 2.24) is 14.9 Å². The van der Waals surface area contributed by atoms with Crippen LogP contribution in [0.5, 0.6) is 0 Å². The summed E-state index contributed by atoms with van der Waals surface area (Å²) in [6, 6.07) is 15.0. The summed E-state index contributed by atoms with van der Waals surface area (Å²) in [5.41, 5.74) is 2.95. The van der Waals surface area contributed by atoms with E-state index < -0.39 is 12.1 Å². The number of anilines is 1. The number of fused-ring (bicyclic) bond motifs is 1. The molecule has 1 N–H and O–H groups in total. The zero-order valence-corrected chi connectivity index (χ0v) is 15.7. The Balaban J connectivity index is 1.39. The third-order valence-corrected chi connectivity index (χ3v) is 5.22. The summed E-state index contributed by atoms with van der Waals surface area (Å²) in [4.78, 5) is 18.5. The molecule has 1 saturated heterocycles. The Morgan fingerprint density at radius 3 is 2.59 bits per heavy atom. The lowest BCUT2D eigenvalue weighted by Gasteiger charge is -2.41. The van der Waals surface area contributed by atoms with E-state index in [4.69, 9.17) is 0 Å². The number of nitrogens with one attached hydrogen (secondary N) is 1. The number of benzene rings is 2. The molecule has 2 heterocycles. The molecule has 2 aromatic carbocycles. The number of carbonyl (C=O) groups excluding carboxylic acids is 1. The highest BCUT2D eigenvalue weighted by Gasteiger charge is 2.47. The molecule has 0 spiro atoms. The van der Waals surface area contributed by atoms with Crippen molar-refractivity contribution in [1.29, 1.82) is 0 Å². The number of para-hydroxylation sites is 1. The Labute approximate surface area is 166 Å². The summed E-state index contributed by atoms with van der Waals surface area (Å²) >= 11 is 0. The fourth-order valence-electron chi connectivity index (χ4n) is 3.54. The van der Waals surface area contributed by atoms with Gasteiger partial charge in [0.05, 0.1) is 17.1 Å². The van der Waals surface area contributed by atoms with Gasteiger partial charge in [-0.3, -0.25) is 4.57 Å². The van der Waals surface area contributed by atoms with Crippen molar-refractivity contribution in [2.75, 3.05) is 24.5 Å². The van der Waals surface area contributed by atoms with Gasteiger partial charge in [0.1, 0.15) is 11.8 Å². The summed E-state index contributed by atoms with van der Waals surface area (Å²) in [7, 11) is 0. The first-order valence-electron chi connectivity index (χ1n) is 9.53. The van der Waals surface area contributed by atoms with E-state index in [2.05, 4.69) is 10.3 Å². The maximum atomic E-state index is 12.8. The van der Waals surface area contributed by atoms with Crippen LogP contribution in [0.2, 0.25) is 0 Å². The third-order valence-electron chi connectivity index (χ3n) is 5.22. The molecule has 0 bridgehead atoms. The van der Waals surface area contributed by atoms with Crippen LogP contribution in [-0.4, -0.2) is 41.4 Å². The number of hydrogen-bond acceptors (Lipinski definition) is 3. The Bertz CT molecular complexity index is 994. The van der Waals surface area contributed by atoms with Crippen molar-refractivity contribution >= 4 is 22.8 Å². The van der Waals surface area contributed by atoms with Crippen molar-refractivity contribution in [3.8, 4) is 0 Å². The fourth-order valence-corrected chi connectivity index (χ4v) is 3.54. The van der Waals surface area contributed by atoms with Gasteiger partial charge < -0.3 is 10.2 Å². The minimum atomic E-state index is -4.18. The first kappa shape index (κ1) is 19.3. The standard InChI is InChI=1S/C21H21F3N4O/c22-21(23,24)16-12-27(13-16)17-9-4-10-18-19(17)26-14-28(18)20(29)25-11-5-8-15-6-2-1-3-7-15/h1-4,6-7,9-10,14,16H,5,8,11-13H2,(H,25,29). The Kier molecular flexibility index (Phi) is 5.17. The molecule has 1 amide bonds. The van der Waals surface area contributed by atoms with Crippen LogP contribution >= 0.6 is 0 Å². The van der Waals surface area contributed by atoms with Crippen molar-refractivity contribution in [3.63, 3.8) is 0 Å². The average molecular weight is 402 g/mol. The summed E-state index contributed by atoms with van der Waals surface area (Å²) in [6.07, 6.45) is -1.09. The molecule has 1 aliphatic rings. The van der Waals surface area contributed by atoms with Gasteiger partial charge in [0.25, 0.3) is 0 Å². The highest BCUT2D eigenvalue weighted by Crippen LogP contribution is 2.38. The maximum absolute atomic E-state index is 12.8. The quantitative estimate of drug-likeness (QED) is 0.650. The van der Waals surface area contributed by atoms with Gasteiger partial charge in [-0.25, -0.2) is 9.78 Å². The van der Waals surface area contributed by atoms with Gasteiger partial charge in [-0.2, -0.15) is 13.2 Å². The molecule has 0 saturated carbocycles. The molecule has 8 heteroatoms. The van der Waals surface area contributed by atoms with Gasteiger partial charge in [0, 0.05) is 19.6 Å². The summed E-state index contributed by atoms with van der Waals surface area (Å²) < 4.78 is 39.7. The van der Waals surface area contributed by atoms with E-state index in [0.29, 0.717) is 23.3 Å². The monoisotopic (exact) mass is 402 g/mol. The molecular formula is C21H21F3N4O. The van der Waals surface area contributed by atoms with Crippen LogP contribution in [0.3, 0.4) is 0 Å². The van der Waals surface area contributed by atoms with Crippen molar-refractivity contribution in [2.45, 2.75) is 19.0 Å². The lowest BCUT2D eigenvalue weighted by atomic mass is 9.98. The van der Waals surface area contributed by atoms with Gasteiger partial charge in [-0.05, 0) is 30.5 Å². The van der Waals surface area contributed by atoms with Gasteiger partial charge in [0.15, 0.2) is 0 Å². The number of halogens is 3. The van der Waals surface area contributed by atoms with Crippen LogP contribution in [0.4, 0.5) is 23.7 Å². The third kappa shape index (κ3) is 4.06. The smallest absolute Gasteiger partial charge is 0.368 e. The Morgan fingerprint density at radius 2 is 1.86 bits per heavy atom. The number of imidazole rings is 1. The molecule has 1 fully saturated rings. The van der Waals surface area contributed by atoms with Crippen LogP contribution in [0.25, 0.3) is 11.0 Å². The molecule has 0 unspecified atom stereocenters. The average Bonchev–Trinajstić information content (AvgIpc) is 3.09. The minimum absolute atomic E-state index is 0.0822. The molecule has 0 atom stereocenters. The minimum Gasteiger partial charge on any atom is -0.368 e. The summed E-state index contributed by atoms with van der Waals surface area (Å²) in [5.74, 6) is -1.31. The molecule has 152 valence electrons. The van der Waals surface area contributed by atoms with Crippen molar-refractivity contribution < 1.29 is 18.0 Å². The maximum Gasteiger partial charge on any atom is 0.395 e. The first-order chi connectivity index (χ1) is 13.9. The van der Waals surface area contributed by atoms with E-state index in [-0.39, 0.29) is 19.1 Å². The van der Waals surface area contributed by atoms with Gasteiger partial charge >= 0.3 is 12.2 Å². The number of aryl methyl sites for hydroxylation is 1. The molecular weight excluding hydrogens is 381 g/mol. The molecule has 5 nitrogen and oxygen atoms in total. The second-order valence-electron chi connectivity index (χ2n) is 7.22. The normalized spacial score (nSPS) is 14.8. The number of carbonyl (C=O) groups is 1. The fraction of sp³-hybridized carbons (Fsp3) is 0.333. The zero-order valence-electron chi connectivity index (χ0n) is 15.7. The first-order valence-corrected chi connectivity index (χ1v) is 9.53. The predicted molar refractivity (Wildman–Crippen MR) is 105 cm³/mol. The number of rotatable bonds is 5. The highest BCUT2D eigenvalue weighted by molar-refractivity contribution is 5.95. The largest absolute Gasteiger partial charge is 0.395 e. The number of aromatic nitrogens is 2. The van der Waals surface area contributed by atoms with E-state index in [1.165, 1.54) is 16.5 Å². The van der Waals surface area contributed by atoms with E-state index in [1.54, 1.807) is 23.1 Å². The van der Waals surface area contributed by atoms with E-state index in [0.717, 1.165) is 12.8 Å². The van der Waals surface area contributed by atoms with Crippen LogP contribution in [0, 0.1) is 5.92 Å². The lowest BCUT2D eigenvalue weighted by molar-refractivity contribution is -0.180.